The lowest BCUT2D eigenvalue weighted by atomic mass is 9.91. The Morgan fingerprint density at radius 2 is 1.94 bits per heavy atom. The molecule has 1 amide bonds. The Hall–Kier alpha value is -4.05. The molecule has 5 rings (SSSR count). The molecule has 0 spiro atoms. The van der Waals surface area contributed by atoms with E-state index in [-0.39, 0.29) is 29.3 Å². The molecule has 1 unspecified atom stereocenters. The van der Waals surface area contributed by atoms with Crippen LogP contribution in [-0.4, -0.2) is 37.7 Å². The SMILES string of the molecule is NC(=O)c1cc(F)c(NC2CCCC[C@@H]2N)nc1Nc1ccc2nc(-n3cccn3)ccc2c1. The van der Waals surface area contributed by atoms with Gasteiger partial charge in [-0.1, -0.05) is 12.8 Å². The number of nitrogens with zero attached hydrogens (tertiary/aromatic N) is 4. The summed E-state index contributed by atoms with van der Waals surface area (Å²) in [5.41, 5.74) is 13.1. The van der Waals surface area contributed by atoms with Gasteiger partial charge >= 0.3 is 0 Å². The van der Waals surface area contributed by atoms with E-state index in [0.717, 1.165) is 42.7 Å². The number of nitrogens with two attached hydrogens (primary N) is 2. The Kier molecular flexibility index (Phi) is 5.81. The molecule has 3 aromatic heterocycles. The summed E-state index contributed by atoms with van der Waals surface area (Å²) in [5.74, 6) is -0.513. The summed E-state index contributed by atoms with van der Waals surface area (Å²) >= 11 is 0. The molecule has 1 aliphatic carbocycles. The molecular formula is C24H25FN8O. The van der Waals surface area contributed by atoms with E-state index in [1.807, 2.05) is 42.6 Å². The van der Waals surface area contributed by atoms with E-state index in [9.17, 15) is 9.18 Å². The number of hydrogen-bond donors (Lipinski definition) is 4. The van der Waals surface area contributed by atoms with Gasteiger partial charge in [0, 0.05) is 35.6 Å². The van der Waals surface area contributed by atoms with Crippen LogP contribution in [0.5, 0.6) is 0 Å². The predicted molar refractivity (Wildman–Crippen MR) is 129 cm³/mol. The van der Waals surface area contributed by atoms with Gasteiger partial charge < -0.3 is 22.1 Å². The molecule has 4 aromatic rings. The van der Waals surface area contributed by atoms with Crippen molar-refractivity contribution in [2.24, 2.45) is 11.5 Å². The molecule has 34 heavy (non-hydrogen) atoms. The summed E-state index contributed by atoms with van der Waals surface area (Å²) in [6.45, 7) is 0. The fraction of sp³-hybridized carbons (Fsp3) is 0.250. The number of primary amides is 1. The second-order valence-electron chi connectivity index (χ2n) is 8.43. The molecule has 2 atom stereocenters. The molecule has 0 saturated heterocycles. The fourth-order valence-electron chi connectivity index (χ4n) is 4.25. The van der Waals surface area contributed by atoms with E-state index in [1.54, 1.807) is 10.9 Å². The summed E-state index contributed by atoms with van der Waals surface area (Å²) < 4.78 is 16.4. The minimum Gasteiger partial charge on any atom is -0.365 e. The number of benzene rings is 1. The third-order valence-electron chi connectivity index (χ3n) is 6.06. The molecule has 9 nitrogen and oxygen atoms in total. The van der Waals surface area contributed by atoms with Crippen molar-refractivity contribution in [2.45, 2.75) is 37.8 Å². The molecule has 1 aliphatic rings. The maximum Gasteiger partial charge on any atom is 0.252 e. The minimum atomic E-state index is -0.777. The summed E-state index contributed by atoms with van der Waals surface area (Å²) in [6, 6.07) is 12.1. The first kappa shape index (κ1) is 21.8. The monoisotopic (exact) mass is 460 g/mol. The molecule has 0 aliphatic heterocycles. The number of hydrogen-bond acceptors (Lipinski definition) is 7. The van der Waals surface area contributed by atoms with Gasteiger partial charge in [-0.25, -0.2) is 19.0 Å². The van der Waals surface area contributed by atoms with E-state index in [1.165, 1.54) is 0 Å². The molecule has 1 saturated carbocycles. The van der Waals surface area contributed by atoms with Crippen LogP contribution in [-0.2, 0) is 0 Å². The van der Waals surface area contributed by atoms with Crippen LogP contribution in [0, 0.1) is 5.82 Å². The summed E-state index contributed by atoms with van der Waals surface area (Å²) in [7, 11) is 0. The number of nitrogens with one attached hydrogen (secondary N) is 2. The van der Waals surface area contributed by atoms with Gasteiger partial charge in [0.15, 0.2) is 17.5 Å². The lowest BCUT2D eigenvalue weighted by molar-refractivity contribution is 0.100. The number of aromatic nitrogens is 4. The zero-order valence-electron chi connectivity index (χ0n) is 18.4. The molecule has 0 radical (unpaired) electrons. The first-order valence-electron chi connectivity index (χ1n) is 11.2. The maximum absolute atomic E-state index is 14.8. The Morgan fingerprint density at radius 3 is 2.71 bits per heavy atom. The van der Waals surface area contributed by atoms with Crippen LogP contribution >= 0.6 is 0 Å². The normalized spacial score (nSPS) is 18.1. The van der Waals surface area contributed by atoms with Crippen LogP contribution in [0.15, 0.2) is 54.9 Å². The largest absolute Gasteiger partial charge is 0.365 e. The van der Waals surface area contributed by atoms with Gasteiger partial charge in [-0.3, -0.25) is 4.79 Å². The first-order valence-corrected chi connectivity index (χ1v) is 11.2. The van der Waals surface area contributed by atoms with Crippen molar-refractivity contribution in [1.29, 1.82) is 0 Å². The van der Waals surface area contributed by atoms with E-state index < -0.39 is 11.7 Å². The third-order valence-corrected chi connectivity index (χ3v) is 6.06. The van der Waals surface area contributed by atoms with Crippen molar-refractivity contribution in [3.8, 4) is 5.82 Å². The number of carbonyl (C=O) groups excluding carboxylic acids is 1. The highest BCUT2D eigenvalue weighted by Crippen LogP contribution is 2.28. The average Bonchev–Trinajstić information content (AvgIpc) is 3.37. The van der Waals surface area contributed by atoms with Crippen molar-refractivity contribution in [3.63, 3.8) is 0 Å². The number of pyridine rings is 2. The Labute approximate surface area is 195 Å². The third kappa shape index (κ3) is 4.40. The van der Waals surface area contributed by atoms with Crippen molar-refractivity contribution >= 4 is 34.1 Å². The van der Waals surface area contributed by atoms with Crippen molar-refractivity contribution < 1.29 is 9.18 Å². The van der Waals surface area contributed by atoms with Crippen molar-refractivity contribution in [3.05, 3.63) is 66.2 Å². The van der Waals surface area contributed by atoms with Gasteiger partial charge in [-0.15, -0.1) is 0 Å². The first-order chi connectivity index (χ1) is 16.5. The Morgan fingerprint density at radius 1 is 1.09 bits per heavy atom. The summed E-state index contributed by atoms with van der Waals surface area (Å²) in [4.78, 5) is 21.0. The van der Waals surface area contributed by atoms with Gasteiger partial charge in [0.25, 0.3) is 5.91 Å². The van der Waals surface area contributed by atoms with E-state index >= 15 is 0 Å². The zero-order chi connectivity index (χ0) is 23.7. The molecule has 1 aromatic carbocycles. The fourth-order valence-corrected chi connectivity index (χ4v) is 4.25. The second kappa shape index (κ2) is 9.06. The van der Waals surface area contributed by atoms with E-state index in [4.69, 9.17) is 11.5 Å². The number of halogens is 1. The lowest BCUT2D eigenvalue weighted by Gasteiger charge is -2.30. The number of rotatable bonds is 6. The molecule has 3 heterocycles. The smallest absolute Gasteiger partial charge is 0.252 e. The number of fused-ring (bicyclic) bond motifs is 1. The van der Waals surface area contributed by atoms with E-state index in [2.05, 4.69) is 25.7 Å². The zero-order valence-corrected chi connectivity index (χ0v) is 18.4. The molecule has 1 fully saturated rings. The van der Waals surface area contributed by atoms with E-state index in [0.29, 0.717) is 11.5 Å². The second-order valence-corrected chi connectivity index (χ2v) is 8.43. The van der Waals surface area contributed by atoms with Gasteiger partial charge in [0.1, 0.15) is 5.82 Å². The molecule has 0 bridgehead atoms. The highest BCUT2D eigenvalue weighted by atomic mass is 19.1. The van der Waals surface area contributed by atoms with Crippen LogP contribution in [0.4, 0.5) is 21.7 Å². The number of carbonyl (C=O) groups is 1. The molecule has 10 heteroatoms. The van der Waals surface area contributed by atoms with Crippen LogP contribution in [0.1, 0.15) is 36.0 Å². The van der Waals surface area contributed by atoms with Crippen molar-refractivity contribution in [1.82, 2.24) is 19.7 Å². The molecular weight excluding hydrogens is 435 g/mol. The van der Waals surface area contributed by atoms with Crippen LogP contribution < -0.4 is 22.1 Å². The van der Waals surface area contributed by atoms with Crippen molar-refractivity contribution in [2.75, 3.05) is 10.6 Å². The summed E-state index contributed by atoms with van der Waals surface area (Å²) in [6.07, 6.45) is 7.29. The quantitative estimate of drug-likeness (QED) is 0.346. The number of amides is 1. The average molecular weight is 461 g/mol. The molecule has 174 valence electrons. The van der Waals surface area contributed by atoms with Gasteiger partial charge in [-0.05, 0) is 55.3 Å². The van der Waals surface area contributed by atoms with Gasteiger partial charge in [0.05, 0.1) is 11.1 Å². The number of anilines is 3. The Balaban J connectivity index is 1.45. The molecule has 6 N–H and O–H groups in total. The lowest BCUT2D eigenvalue weighted by Crippen LogP contribution is -2.43. The summed E-state index contributed by atoms with van der Waals surface area (Å²) in [5, 5.41) is 11.3. The highest BCUT2D eigenvalue weighted by molar-refractivity contribution is 5.99. The van der Waals surface area contributed by atoms with Crippen LogP contribution in [0.3, 0.4) is 0 Å². The predicted octanol–water partition coefficient (Wildman–Crippen LogP) is 3.48. The maximum atomic E-state index is 14.8. The topological polar surface area (TPSA) is 137 Å². The van der Waals surface area contributed by atoms with Crippen LogP contribution in [0.2, 0.25) is 0 Å². The Bertz CT molecular complexity index is 1340. The van der Waals surface area contributed by atoms with Crippen LogP contribution in [0.25, 0.3) is 16.7 Å². The minimum absolute atomic E-state index is 0.0387. The van der Waals surface area contributed by atoms with Gasteiger partial charge in [-0.2, -0.15) is 5.10 Å². The van der Waals surface area contributed by atoms with Gasteiger partial charge in [0.2, 0.25) is 0 Å². The standard InChI is InChI=1S/C24H25FN8O/c25-17-13-16(22(27)34)23(32-24(17)31-20-5-2-1-4-18(20)26)29-15-7-8-19-14(12-15)6-9-21(30-19)33-11-3-10-28-33/h3,6-13,18,20H,1-2,4-5,26H2,(H2,27,34)(H2,29,31,32)/t18-,20?/m0/s1. The highest BCUT2D eigenvalue weighted by Gasteiger charge is 2.24.